The number of hydrogen-bond acceptors (Lipinski definition) is 4. The zero-order valence-corrected chi connectivity index (χ0v) is 14.1. The van der Waals surface area contributed by atoms with E-state index in [0.29, 0.717) is 6.61 Å². The SMILES string of the molecule is CCCCSCCCC(C)(NC(C)C)C(=O)OCC. The summed E-state index contributed by atoms with van der Waals surface area (Å²) >= 11 is 1.98. The smallest absolute Gasteiger partial charge is 0.326 e. The van der Waals surface area contributed by atoms with Gasteiger partial charge in [-0.05, 0) is 58.5 Å². The van der Waals surface area contributed by atoms with Crippen molar-refractivity contribution < 1.29 is 9.53 Å². The van der Waals surface area contributed by atoms with E-state index in [0.717, 1.165) is 18.6 Å². The van der Waals surface area contributed by atoms with E-state index in [1.54, 1.807) is 0 Å². The minimum absolute atomic E-state index is 0.123. The average Bonchev–Trinajstić information content (AvgIpc) is 2.33. The molecular formula is C15H31NO2S. The molecule has 0 rings (SSSR count). The van der Waals surface area contributed by atoms with Gasteiger partial charge in [0.1, 0.15) is 5.54 Å². The Kier molecular flexibility index (Phi) is 10.4. The molecule has 0 aromatic rings. The average molecular weight is 289 g/mol. The van der Waals surface area contributed by atoms with Crippen molar-refractivity contribution in [2.75, 3.05) is 18.1 Å². The van der Waals surface area contributed by atoms with Crippen molar-refractivity contribution in [3.05, 3.63) is 0 Å². The standard InChI is InChI=1S/C15H31NO2S/c1-6-8-11-19-12-9-10-15(5,16-13(3)4)14(17)18-7-2/h13,16H,6-12H2,1-5H3. The van der Waals surface area contributed by atoms with Gasteiger partial charge in [0.2, 0.25) is 0 Å². The van der Waals surface area contributed by atoms with Gasteiger partial charge in [0.05, 0.1) is 6.61 Å². The van der Waals surface area contributed by atoms with Crippen LogP contribution in [0.2, 0.25) is 0 Å². The minimum atomic E-state index is -0.546. The first-order valence-corrected chi connectivity index (χ1v) is 8.64. The number of unbranched alkanes of at least 4 members (excludes halogenated alkanes) is 1. The van der Waals surface area contributed by atoms with Crippen LogP contribution >= 0.6 is 11.8 Å². The van der Waals surface area contributed by atoms with Crippen molar-refractivity contribution in [2.45, 2.75) is 71.9 Å². The van der Waals surface area contributed by atoms with Crippen LogP contribution in [0.15, 0.2) is 0 Å². The van der Waals surface area contributed by atoms with Crippen LogP contribution in [0.3, 0.4) is 0 Å². The highest BCUT2D eigenvalue weighted by molar-refractivity contribution is 7.99. The van der Waals surface area contributed by atoms with Crippen molar-refractivity contribution in [2.24, 2.45) is 0 Å². The molecule has 1 unspecified atom stereocenters. The molecule has 0 bridgehead atoms. The molecule has 0 heterocycles. The lowest BCUT2D eigenvalue weighted by Gasteiger charge is -2.30. The predicted molar refractivity (Wildman–Crippen MR) is 84.8 cm³/mol. The first-order valence-electron chi connectivity index (χ1n) is 7.49. The second-order valence-electron chi connectivity index (χ2n) is 5.42. The van der Waals surface area contributed by atoms with Crippen LogP contribution in [-0.4, -0.2) is 35.7 Å². The summed E-state index contributed by atoms with van der Waals surface area (Å²) in [5.41, 5.74) is -0.546. The van der Waals surface area contributed by atoms with Gasteiger partial charge in [-0.15, -0.1) is 0 Å². The van der Waals surface area contributed by atoms with Gasteiger partial charge in [0.25, 0.3) is 0 Å². The van der Waals surface area contributed by atoms with Crippen LogP contribution in [0, 0.1) is 0 Å². The van der Waals surface area contributed by atoms with E-state index in [1.165, 1.54) is 18.6 Å². The second kappa shape index (κ2) is 10.6. The van der Waals surface area contributed by atoms with Crippen molar-refractivity contribution in [1.82, 2.24) is 5.32 Å². The van der Waals surface area contributed by atoms with E-state index in [-0.39, 0.29) is 12.0 Å². The molecule has 0 radical (unpaired) electrons. The summed E-state index contributed by atoms with van der Waals surface area (Å²) in [6.07, 6.45) is 4.42. The van der Waals surface area contributed by atoms with E-state index < -0.39 is 5.54 Å². The Bertz CT molecular complexity index is 246. The predicted octanol–water partition coefficient (Wildman–Crippen LogP) is 3.62. The minimum Gasteiger partial charge on any atom is -0.465 e. The number of carbonyl (C=O) groups is 1. The fraction of sp³-hybridized carbons (Fsp3) is 0.933. The highest BCUT2D eigenvalue weighted by Gasteiger charge is 2.34. The first kappa shape index (κ1) is 18.8. The number of ether oxygens (including phenoxy) is 1. The Morgan fingerprint density at radius 2 is 1.89 bits per heavy atom. The Hall–Kier alpha value is -0.220. The lowest BCUT2D eigenvalue weighted by atomic mass is 9.95. The fourth-order valence-electron chi connectivity index (χ4n) is 2.04. The Labute approximate surface area is 123 Å². The molecule has 0 aromatic carbocycles. The highest BCUT2D eigenvalue weighted by Crippen LogP contribution is 2.18. The fourth-order valence-corrected chi connectivity index (χ4v) is 3.08. The topological polar surface area (TPSA) is 38.3 Å². The molecule has 0 saturated carbocycles. The van der Waals surface area contributed by atoms with Crippen LogP contribution in [-0.2, 0) is 9.53 Å². The molecule has 0 amide bonds. The molecule has 114 valence electrons. The third-order valence-electron chi connectivity index (χ3n) is 2.94. The van der Waals surface area contributed by atoms with Crippen molar-refractivity contribution in [3.63, 3.8) is 0 Å². The summed E-state index contributed by atoms with van der Waals surface area (Å²) in [7, 11) is 0. The molecule has 0 saturated heterocycles. The van der Waals surface area contributed by atoms with Gasteiger partial charge in [-0.1, -0.05) is 13.3 Å². The molecule has 0 aliphatic heterocycles. The summed E-state index contributed by atoms with van der Waals surface area (Å²) in [6.45, 7) is 10.6. The van der Waals surface area contributed by atoms with E-state index in [2.05, 4.69) is 26.1 Å². The van der Waals surface area contributed by atoms with Crippen LogP contribution in [0.5, 0.6) is 0 Å². The molecular weight excluding hydrogens is 258 g/mol. The maximum Gasteiger partial charge on any atom is 0.326 e. The third kappa shape index (κ3) is 8.53. The van der Waals surface area contributed by atoms with Gasteiger partial charge in [0, 0.05) is 6.04 Å². The number of carbonyl (C=O) groups excluding carboxylic acids is 1. The normalized spacial score (nSPS) is 14.4. The van der Waals surface area contributed by atoms with E-state index >= 15 is 0 Å². The first-order chi connectivity index (χ1) is 8.96. The molecule has 1 atom stereocenters. The molecule has 4 heteroatoms. The largest absolute Gasteiger partial charge is 0.465 e. The van der Waals surface area contributed by atoms with Gasteiger partial charge < -0.3 is 4.74 Å². The lowest BCUT2D eigenvalue weighted by molar-refractivity contribution is -0.151. The number of rotatable bonds is 11. The molecule has 0 spiro atoms. The Morgan fingerprint density at radius 3 is 2.42 bits per heavy atom. The number of thioether (sulfide) groups is 1. The van der Waals surface area contributed by atoms with Crippen LogP contribution < -0.4 is 5.32 Å². The summed E-state index contributed by atoms with van der Waals surface area (Å²) in [6, 6.07) is 0.280. The monoisotopic (exact) mass is 289 g/mol. The van der Waals surface area contributed by atoms with Crippen molar-refractivity contribution in [1.29, 1.82) is 0 Å². The van der Waals surface area contributed by atoms with Gasteiger partial charge in [-0.3, -0.25) is 10.1 Å². The van der Waals surface area contributed by atoms with Crippen LogP contribution in [0.1, 0.15) is 60.3 Å². The van der Waals surface area contributed by atoms with E-state index in [1.807, 2.05) is 25.6 Å². The van der Waals surface area contributed by atoms with E-state index in [9.17, 15) is 4.79 Å². The third-order valence-corrected chi connectivity index (χ3v) is 4.10. The van der Waals surface area contributed by atoms with Gasteiger partial charge in [0.15, 0.2) is 0 Å². The maximum atomic E-state index is 12.1. The highest BCUT2D eigenvalue weighted by atomic mass is 32.2. The zero-order valence-electron chi connectivity index (χ0n) is 13.3. The maximum absolute atomic E-state index is 12.1. The summed E-state index contributed by atoms with van der Waals surface area (Å²) in [5, 5.41) is 3.36. The molecule has 0 aromatic heterocycles. The van der Waals surface area contributed by atoms with Gasteiger partial charge >= 0.3 is 5.97 Å². The molecule has 0 aliphatic rings. The molecule has 3 nitrogen and oxygen atoms in total. The van der Waals surface area contributed by atoms with E-state index in [4.69, 9.17) is 4.74 Å². The molecule has 0 aliphatic carbocycles. The molecule has 0 fully saturated rings. The van der Waals surface area contributed by atoms with Crippen molar-refractivity contribution >= 4 is 17.7 Å². The van der Waals surface area contributed by atoms with Gasteiger partial charge in [-0.25, -0.2) is 0 Å². The second-order valence-corrected chi connectivity index (χ2v) is 6.65. The van der Waals surface area contributed by atoms with Gasteiger partial charge in [-0.2, -0.15) is 11.8 Å². The van der Waals surface area contributed by atoms with Crippen LogP contribution in [0.4, 0.5) is 0 Å². The number of esters is 1. The number of hydrogen-bond donors (Lipinski definition) is 1. The number of nitrogens with one attached hydrogen (secondary N) is 1. The zero-order chi connectivity index (χ0) is 14.7. The Balaban J connectivity index is 4.16. The van der Waals surface area contributed by atoms with Crippen LogP contribution in [0.25, 0.3) is 0 Å². The quantitative estimate of drug-likeness (QED) is 0.466. The molecule has 19 heavy (non-hydrogen) atoms. The lowest BCUT2D eigenvalue weighted by Crippen LogP contribution is -2.53. The summed E-state index contributed by atoms with van der Waals surface area (Å²) < 4.78 is 5.20. The summed E-state index contributed by atoms with van der Waals surface area (Å²) in [5.74, 6) is 2.22. The summed E-state index contributed by atoms with van der Waals surface area (Å²) in [4.78, 5) is 12.1. The van der Waals surface area contributed by atoms with Crippen molar-refractivity contribution in [3.8, 4) is 0 Å². The Morgan fingerprint density at radius 1 is 1.26 bits per heavy atom. The molecule has 1 N–H and O–H groups in total.